The van der Waals surface area contributed by atoms with Crippen LogP contribution in [-0.4, -0.2) is 62.0 Å². The van der Waals surface area contributed by atoms with E-state index in [1.54, 1.807) is 12.3 Å². The van der Waals surface area contributed by atoms with Crippen LogP contribution in [0.5, 0.6) is 0 Å². The van der Waals surface area contributed by atoms with E-state index in [0.717, 1.165) is 0 Å². The predicted octanol–water partition coefficient (Wildman–Crippen LogP) is 1.99. The maximum absolute atomic E-state index is 13.6. The third-order valence-corrected chi connectivity index (χ3v) is 7.42. The molecule has 4 rings (SSSR count). The summed E-state index contributed by atoms with van der Waals surface area (Å²) in [6.45, 7) is 8.65. The molecule has 198 valence electrons. The first-order valence-electron chi connectivity index (χ1n) is 11.7. The number of likely N-dealkylation sites (tertiary alicyclic amines) is 1. The van der Waals surface area contributed by atoms with Gasteiger partial charge in [-0.05, 0) is 28.7 Å². The van der Waals surface area contributed by atoms with Crippen molar-refractivity contribution < 1.29 is 27.6 Å². The number of hydrogen-bond acceptors (Lipinski definition) is 6. The molecule has 13 heteroatoms. The summed E-state index contributed by atoms with van der Waals surface area (Å²) in [4.78, 5) is 44.3. The molecule has 2 aliphatic rings. The lowest BCUT2D eigenvalue weighted by Gasteiger charge is -2.37. The Morgan fingerprint density at radius 3 is 2.49 bits per heavy atom. The van der Waals surface area contributed by atoms with Gasteiger partial charge in [0.05, 0.1) is 35.9 Å². The van der Waals surface area contributed by atoms with E-state index in [0.29, 0.717) is 5.52 Å². The van der Waals surface area contributed by atoms with E-state index in [1.165, 1.54) is 42.6 Å². The van der Waals surface area contributed by atoms with Crippen molar-refractivity contribution in [2.24, 2.45) is 22.7 Å². The molecule has 1 saturated carbocycles. The lowest BCUT2D eigenvalue weighted by molar-refractivity contribution is -0.176. The van der Waals surface area contributed by atoms with Gasteiger partial charge in [0, 0.05) is 6.54 Å². The Labute approximate surface area is 211 Å². The van der Waals surface area contributed by atoms with Gasteiger partial charge in [-0.15, -0.1) is 0 Å². The summed E-state index contributed by atoms with van der Waals surface area (Å²) in [5, 5.41) is 18.3. The van der Waals surface area contributed by atoms with E-state index in [9.17, 15) is 32.8 Å². The molecule has 2 aromatic heterocycles. The van der Waals surface area contributed by atoms with Crippen LogP contribution in [0.2, 0.25) is 0 Å². The average molecular weight is 520 g/mol. The van der Waals surface area contributed by atoms with E-state index < -0.39 is 47.4 Å². The number of carbonyl (C=O) groups excluding carboxylic acids is 3. The van der Waals surface area contributed by atoms with Gasteiger partial charge in [0.15, 0.2) is 6.04 Å². The fourth-order valence-electron chi connectivity index (χ4n) is 5.22. The highest BCUT2D eigenvalue weighted by molar-refractivity contribution is 5.95. The van der Waals surface area contributed by atoms with Gasteiger partial charge in [-0.3, -0.25) is 19.4 Å². The molecular weight excluding hydrogens is 491 g/mol. The number of nitriles is 1. The minimum absolute atomic E-state index is 0.0507. The molecular formula is C24H28F3N7O3. The second kappa shape index (κ2) is 8.71. The van der Waals surface area contributed by atoms with Crippen LogP contribution in [-0.2, 0) is 14.4 Å². The number of fused-ring (bicyclic) bond motifs is 2. The second-order valence-electron chi connectivity index (χ2n) is 11.2. The lowest BCUT2D eigenvalue weighted by atomic mass is 9.85. The maximum atomic E-state index is 13.6. The predicted molar refractivity (Wildman–Crippen MR) is 123 cm³/mol. The highest BCUT2D eigenvalue weighted by atomic mass is 19.4. The number of carbonyl (C=O) groups is 3. The van der Waals surface area contributed by atoms with Crippen molar-refractivity contribution in [1.29, 1.82) is 5.26 Å². The summed E-state index contributed by atoms with van der Waals surface area (Å²) in [5.74, 6) is -3.93. The Morgan fingerprint density at radius 1 is 1.22 bits per heavy atom. The Morgan fingerprint density at radius 2 is 1.89 bits per heavy atom. The molecule has 2 aromatic rings. The topological polar surface area (TPSA) is 132 Å². The van der Waals surface area contributed by atoms with Crippen LogP contribution in [0.1, 0.15) is 46.4 Å². The van der Waals surface area contributed by atoms with Crippen LogP contribution < -0.4 is 10.6 Å². The van der Waals surface area contributed by atoms with Gasteiger partial charge >= 0.3 is 12.1 Å². The van der Waals surface area contributed by atoms with Gasteiger partial charge in [-0.2, -0.15) is 23.5 Å². The Hall–Kier alpha value is -3.69. The summed E-state index contributed by atoms with van der Waals surface area (Å²) in [7, 11) is 0. The van der Waals surface area contributed by atoms with E-state index in [2.05, 4.69) is 15.4 Å². The largest absolute Gasteiger partial charge is 0.471 e. The molecule has 3 heterocycles. The van der Waals surface area contributed by atoms with Crippen molar-refractivity contribution in [3.8, 4) is 6.07 Å². The van der Waals surface area contributed by atoms with Crippen molar-refractivity contribution in [1.82, 2.24) is 30.1 Å². The number of alkyl halides is 3. The number of halogens is 3. The van der Waals surface area contributed by atoms with Crippen LogP contribution >= 0.6 is 0 Å². The molecule has 0 radical (unpaired) electrons. The Bertz CT molecular complexity index is 1290. The van der Waals surface area contributed by atoms with Crippen molar-refractivity contribution in [2.75, 3.05) is 6.54 Å². The molecule has 0 aromatic carbocycles. The van der Waals surface area contributed by atoms with Crippen LogP contribution in [0.25, 0.3) is 5.52 Å². The molecule has 1 saturated heterocycles. The zero-order valence-corrected chi connectivity index (χ0v) is 21.0. The molecule has 0 bridgehead atoms. The SMILES string of the molecule is CC(C)(C)[C@H](NC(=O)C(F)(F)F)C(=O)N1C[C@H]2[C@@H]([C@H]1C(=O)N[C@@H](C#N)c1cn3nccc3cn1)C2(C)C. The molecule has 0 spiro atoms. The van der Waals surface area contributed by atoms with Gasteiger partial charge in [-0.1, -0.05) is 34.6 Å². The van der Waals surface area contributed by atoms with Crippen LogP contribution in [0.15, 0.2) is 24.7 Å². The number of piperidine rings is 1. The molecule has 2 N–H and O–H groups in total. The highest BCUT2D eigenvalue weighted by Gasteiger charge is 2.70. The average Bonchev–Trinajstić information content (AvgIpc) is 3.21. The van der Waals surface area contributed by atoms with Crippen LogP contribution in [0.3, 0.4) is 0 Å². The summed E-state index contributed by atoms with van der Waals surface area (Å²) >= 11 is 0. The van der Waals surface area contributed by atoms with E-state index in [4.69, 9.17) is 0 Å². The molecule has 0 unspecified atom stereocenters. The van der Waals surface area contributed by atoms with Gasteiger partial charge in [0.2, 0.25) is 11.8 Å². The number of aromatic nitrogens is 3. The molecule has 1 aliphatic heterocycles. The van der Waals surface area contributed by atoms with Crippen molar-refractivity contribution in [2.45, 2.75) is 58.9 Å². The molecule has 1 aliphatic carbocycles. The number of hydrogen-bond donors (Lipinski definition) is 2. The number of nitrogens with one attached hydrogen (secondary N) is 2. The Balaban J connectivity index is 1.60. The summed E-state index contributed by atoms with van der Waals surface area (Å²) in [6, 6.07) is 0.0166. The zero-order valence-electron chi connectivity index (χ0n) is 21.0. The first-order valence-corrected chi connectivity index (χ1v) is 11.7. The number of amides is 3. The fraction of sp³-hybridized carbons (Fsp3) is 0.583. The standard InChI is InChI=1S/C24H28F3N7O3/c1-22(2,3)18(32-21(37)24(25,26)27)20(36)33-10-13-16(23(13,4)5)17(33)19(35)31-14(8-28)15-11-34-12(9-29-15)6-7-30-34/h6-7,9,11,13-14,16-18H,10H2,1-5H3,(H,31,35)(H,32,37)/t13-,14-,16-,17-,18+/m0/s1. The fourth-order valence-corrected chi connectivity index (χ4v) is 5.22. The smallest absolute Gasteiger partial charge is 0.336 e. The van der Waals surface area contributed by atoms with E-state index in [1.807, 2.05) is 25.2 Å². The van der Waals surface area contributed by atoms with E-state index in [-0.39, 0.29) is 29.5 Å². The van der Waals surface area contributed by atoms with Crippen LogP contribution in [0.4, 0.5) is 13.2 Å². The highest BCUT2D eigenvalue weighted by Crippen LogP contribution is 2.65. The third kappa shape index (κ3) is 4.72. The number of nitrogens with zero attached hydrogens (tertiary/aromatic N) is 5. The summed E-state index contributed by atoms with van der Waals surface area (Å²) in [5.41, 5.74) is -0.422. The molecule has 3 amide bonds. The van der Waals surface area contributed by atoms with Crippen LogP contribution in [0, 0.1) is 34.0 Å². The normalized spacial score (nSPS) is 24.1. The first kappa shape index (κ1) is 26.4. The lowest BCUT2D eigenvalue weighted by Crippen LogP contribution is -2.60. The molecule has 10 nitrogen and oxygen atoms in total. The minimum Gasteiger partial charge on any atom is -0.336 e. The quantitative estimate of drug-likeness (QED) is 0.621. The maximum Gasteiger partial charge on any atom is 0.471 e. The third-order valence-electron chi connectivity index (χ3n) is 7.42. The van der Waals surface area contributed by atoms with Crippen molar-refractivity contribution >= 4 is 23.2 Å². The summed E-state index contributed by atoms with van der Waals surface area (Å²) in [6.07, 6.45) is -0.603. The summed E-state index contributed by atoms with van der Waals surface area (Å²) < 4.78 is 40.5. The number of rotatable bonds is 5. The molecule has 37 heavy (non-hydrogen) atoms. The van der Waals surface area contributed by atoms with Gasteiger partial charge in [-0.25, -0.2) is 4.52 Å². The Kier molecular flexibility index (Phi) is 6.21. The van der Waals surface area contributed by atoms with Gasteiger partial charge in [0.1, 0.15) is 12.1 Å². The van der Waals surface area contributed by atoms with Gasteiger partial charge < -0.3 is 15.5 Å². The van der Waals surface area contributed by atoms with Gasteiger partial charge in [0.25, 0.3) is 0 Å². The monoisotopic (exact) mass is 519 g/mol. The van der Waals surface area contributed by atoms with Crippen molar-refractivity contribution in [3.63, 3.8) is 0 Å². The molecule has 5 atom stereocenters. The molecule has 2 fully saturated rings. The second-order valence-corrected chi connectivity index (χ2v) is 11.2. The first-order chi connectivity index (χ1) is 17.1. The van der Waals surface area contributed by atoms with Crippen molar-refractivity contribution in [3.05, 3.63) is 30.4 Å². The van der Waals surface area contributed by atoms with E-state index >= 15 is 0 Å². The minimum atomic E-state index is -5.17. The zero-order chi connectivity index (χ0) is 27.5.